The minimum atomic E-state index is -0.408. The van der Waals surface area contributed by atoms with Gasteiger partial charge in [0, 0.05) is 44.4 Å². The summed E-state index contributed by atoms with van der Waals surface area (Å²) in [5.74, 6) is 0.348. The number of thiazole rings is 1. The number of likely N-dealkylation sites (tertiary alicyclic amines) is 2. The highest BCUT2D eigenvalue weighted by atomic mass is 32.1. The number of amides is 2. The number of hydrogen-bond acceptors (Lipinski definition) is 5. The first kappa shape index (κ1) is 19.2. The van der Waals surface area contributed by atoms with Crippen LogP contribution in [-0.4, -0.2) is 47.0 Å². The summed E-state index contributed by atoms with van der Waals surface area (Å²) < 4.78 is 34.8. The molecule has 6 nitrogen and oxygen atoms in total. The molecule has 1 aromatic heterocycles. The van der Waals surface area contributed by atoms with Gasteiger partial charge in [0.15, 0.2) is 0 Å². The zero-order valence-corrected chi connectivity index (χ0v) is 16.9. The molecular weight excluding hydrogens is 410 g/mol. The Labute approximate surface area is 175 Å². The molecule has 5 rings (SSSR count). The van der Waals surface area contributed by atoms with E-state index in [0.29, 0.717) is 47.5 Å². The maximum absolute atomic E-state index is 14.7. The summed E-state index contributed by atoms with van der Waals surface area (Å²) >= 11 is 1.21. The molecule has 2 saturated heterocycles. The van der Waals surface area contributed by atoms with Gasteiger partial charge in [-0.3, -0.25) is 4.90 Å². The van der Waals surface area contributed by atoms with Gasteiger partial charge in [0.1, 0.15) is 22.9 Å². The van der Waals surface area contributed by atoms with Gasteiger partial charge in [-0.25, -0.2) is 13.6 Å². The molecule has 2 amide bonds. The summed E-state index contributed by atoms with van der Waals surface area (Å²) in [5, 5.41) is 0.272. The number of halogens is 2. The Bertz CT molecular complexity index is 1110. The van der Waals surface area contributed by atoms with E-state index in [2.05, 4.69) is 9.88 Å². The lowest BCUT2D eigenvalue weighted by Crippen LogP contribution is -2.36. The average molecular weight is 430 g/mol. The second kappa shape index (κ2) is 7.48. The van der Waals surface area contributed by atoms with Crippen LogP contribution in [0.15, 0.2) is 36.4 Å². The molecule has 0 aliphatic carbocycles. The van der Waals surface area contributed by atoms with Crippen molar-refractivity contribution in [3.8, 4) is 10.9 Å². The van der Waals surface area contributed by atoms with Crippen LogP contribution in [0.5, 0.6) is 10.9 Å². The summed E-state index contributed by atoms with van der Waals surface area (Å²) in [4.78, 5) is 19.4. The Morgan fingerprint density at radius 3 is 2.57 bits per heavy atom. The highest BCUT2D eigenvalue weighted by Gasteiger charge is 2.41. The van der Waals surface area contributed by atoms with Crippen LogP contribution in [0.3, 0.4) is 0 Å². The molecule has 3 heterocycles. The number of urea groups is 1. The molecule has 0 bridgehead atoms. The van der Waals surface area contributed by atoms with E-state index in [1.807, 2.05) is 0 Å². The summed E-state index contributed by atoms with van der Waals surface area (Å²) in [6, 6.07) is 9.11. The van der Waals surface area contributed by atoms with Crippen LogP contribution in [0, 0.1) is 23.5 Å². The zero-order chi connectivity index (χ0) is 20.8. The molecule has 0 saturated carbocycles. The molecule has 0 radical (unpaired) electrons. The predicted octanol–water partition coefficient (Wildman–Crippen LogP) is 3.81. The van der Waals surface area contributed by atoms with Crippen LogP contribution in [0.1, 0.15) is 5.56 Å². The number of benzene rings is 2. The van der Waals surface area contributed by atoms with Gasteiger partial charge in [-0.1, -0.05) is 23.5 Å². The molecule has 2 atom stereocenters. The second-order valence-electron chi connectivity index (χ2n) is 7.88. The Morgan fingerprint density at radius 1 is 1.13 bits per heavy atom. The number of fused-ring (bicyclic) bond motifs is 2. The number of aromatic nitrogens is 1. The summed E-state index contributed by atoms with van der Waals surface area (Å²) in [6.07, 6.45) is 0. The predicted molar refractivity (Wildman–Crippen MR) is 109 cm³/mol. The van der Waals surface area contributed by atoms with E-state index in [9.17, 15) is 13.6 Å². The average Bonchev–Trinajstić information content (AvgIpc) is 3.37. The van der Waals surface area contributed by atoms with E-state index in [1.54, 1.807) is 29.2 Å². The molecule has 2 unspecified atom stereocenters. The monoisotopic (exact) mass is 430 g/mol. The summed E-state index contributed by atoms with van der Waals surface area (Å²) in [7, 11) is 0. The first-order valence-corrected chi connectivity index (χ1v) is 10.6. The second-order valence-corrected chi connectivity index (χ2v) is 8.87. The number of primary amides is 1. The fourth-order valence-corrected chi connectivity index (χ4v) is 5.25. The molecule has 3 aromatic rings. The van der Waals surface area contributed by atoms with Crippen molar-refractivity contribution in [2.24, 2.45) is 17.6 Å². The van der Waals surface area contributed by atoms with Crippen LogP contribution in [0.25, 0.3) is 10.2 Å². The third-order valence-corrected chi connectivity index (χ3v) is 6.75. The first-order chi connectivity index (χ1) is 14.5. The van der Waals surface area contributed by atoms with Crippen molar-refractivity contribution in [3.05, 3.63) is 53.6 Å². The normalized spacial score (nSPS) is 21.3. The van der Waals surface area contributed by atoms with Gasteiger partial charge in [0.2, 0.25) is 0 Å². The third-order valence-electron chi connectivity index (χ3n) is 5.85. The molecular formula is C21H20F2N4O2S. The summed E-state index contributed by atoms with van der Waals surface area (Å²) in [5.41, 5.74) is 6.21. The number of carbonyl (C=O) groups excluding carboxylic acids is 1. The maximum atomic E-state index is 14.7. The molecule has 2 fully saturated rings. The topological polar surface area (TPSA) is 71.7 Å². The van der Waals surface area contributed by atoms with E-state index in [-0.39, 0.29) is 22.6 Å². The van der Waals surface area contributed by atoms with Gasteiger partial charge >= 0.3 is 6.03 Å². The van der Waals surface area contributed by atoms with Gasteiger partial charge in [-0.05, 0) is 30.0 Å². The van der Waals surface area contributed by atoms with Crippen LogP contribution < -0.4 is 10.5 Å². The molecule has 156 valence electrons. The third kappa shape index (κ3) is 3.59. The molecule has 0 spiro atoms. The zero-order valence-electron chi connectivity index (χ0n) is 16.1. The lowest BCUT2D eigenvalue weighted by Gasteiger charge is -2.20. The number of nitrogens with two attached hydrogens (primary N) is 1. The van der Waals surface area contributed by atoms with Gasteiger partial charge in [0.05, 0.1) is 4.70 Å². The molecule has 2 aliphatic rings. The van der Waals surface area contributed by atoms with Crippen molar-refractivity contribution in [1.82, 2.24) is 14.8 Å². The lowest BCUT2D eigenvalue weighted by atomic mass is 10.0. The Morgan fingerprint density at radius 2 is 1.90 bits per heavy atom. The Hall–Kier alpha value is -2.78. The van der Waals surface area contributed by atoms with Crippen LogP contribution in [0.4, 0.5) is 13.6 Å². The van der Waals surface area contributed by atoms with E-state index < -0.39 is 5.82 Å². The van der Waals surface area contributed by atoms with Crippen molar-refractivity contribution in [2.45, 2.75) is 6.54 Å². The minimum Gasteiger partial charge on any atom is -0.431 e. The van der Waals surface area contributed by atoms with E-state index >= 15 is 0 Å². The minimum absolute atomic E-state index is 0.254. The fraction of sp³-hybridized carbons (Fsp3) is 0.333. The number of rotatable bonds is 4. The fourth-order valence-electron chi connectivity index (χ4n) is 4.40. The van der Waals surface area contributed by atoms with Gasteiger partial charge in [0.25, 0.3) is 5.19 Å². The van der Waals surface area contributed by atoms with Crippen LogP contribution in [-0.2, 0) is 6.54 Å². The van der Waals surface area contributed by atoms with Gasteiger partial charge in [-0.2, -0.15) is 4.98 Å². The number of hydrogen-bond donors (Lipinski definition) is 1. The Balaban J connectivity index is 1.24. The van der Waals surface area contributed by atoms with Crippen LogP contribution in [0.2, 0.25) is 0 Å². The molecule has 30 heavy (non-hydrogen) atoms. The van der Waals surface area contributed by atoms with E-state index in [0.717, 1.165) is 13.1 Å². The van der Waals surface area contributed by atoms with Crippen molar-refractivity contribution in [1.29, 1.82) is 0 Å². The highest BCUT2D eigenvalue weighted by Crippen LogP contribution is 2.34. The SMILES string of the molecule is NC(=O)N1CC2CN(Cc3ccc(Oc4nc5c(F)cccc5s4)cc3F)CC2C1. The molecule has 9 heteroatoms. The van der Waals surface area contributed by atoms with Gasteiger partial charge in [-0.15, -0.1) is 0 Å². The van der Waals surface area contributed by atoms with Crippen molar-refractivity contribution in [2.75, 3.05) is 26.2 Å². The van der Waals surface area contributed by atoms with Gasteiger partial charge < -0.3 is 15.4 Å². The first-order valence-electron chi connectivity index (χ1n) is 9.74. The number of para-hydroxylation sites is 1. The van der Waals surface area contributed by atoms with Crippen molar-refractivity contribution < 1.29 is 18.3 Å². The van der Waals surface area contributed by atoms with Crippen molar-refractivity contribution >= 4 is 27.6 Å². The number of nitrogens with zero attached hydrogens (tertiary/aromatic N) is 3. The van der Waals surface area contributed by atoms with Crippen LogP contribution >= 0.6 is 11.3 Å². The lowest BCUT2D eigenvalue weighted by molar-refractivity contribution is 0.208. The summed E-state index contributed by atoms with van der Waals surface area (Å²) in [6.45, 7) is 3.50. The quantitative estimate of drug-likeness (QED) is 0.683. The Kier molecular flexibility index (Phi) is 4.79. The number of ether oxygens (including phenoxy) is 1. The molecule has 2 aromatic carbocycles. The largest absolute Gasteiger partial charge is 0.431 e. The standard InChI is InChI=1S/C21H20F2N4O2S/c22-16-2-1-3-18-19(16)25-21(30-18)29-15-5-4-12(17(23)6-15)7-26-8-13-10-27(20(24)28)11-14(13)9-26/h1-6,13-14H,7-11H2,(H2,24,28). The molecule has 2 aliphatic heterocycles. The van der Waals surface area contributed by atoms with E-state index in [4.69, 9.17) is 10.5 Å². The van der Waals surface area contributed by atoms with E-state index in [1.165, 1.54) is 23.5 Å². The smallest absolute Gasteiger partial charge is 0.314 e. The molecule has 2 N–H and O–H groups in total. The highest BCUT2D eigenvalue weighted by molar-refractivity contribution is 7.20. The number of carbonyl (C=O) groups is 1. The van der Waals surface area contributed by atoms with Crippen molar-refractivity contribution in [3.63, 3.8) is 0 Å². The maximum Gasteiger partial charge on any atom is 0.314 e.